The highest BCUT2D eigenvalue weighted by atomic mass is 16.4. The number of aliphatic carboxylic acids is 2. The van der Waals surface area contributed by atoms with Crippen LogP contribution in [0.2, 0.25) is 0 Å². The number of amides is 1. The van der Waals surface area contributed by atoms with Gasteiger partial charge in [-0.15, -0.1) is 0 Å². The van der Waals surface area contributed by atoms with Crippen LogP contribution in [0.25, 0.3) is 0 Å². The molecular formula is C28H30N2O5. The zero-order chi connectivity index (χ0) is 25.2. The summed E-state index contributed by atoms with van der Waals surface area (Å²) in [7, 11) is 0. The van der Waals surface area contributed by atoms with Gasteiger partial charge in [-0.1, -0.05) is 84.9 Å². The molecule has 1 aliphatic rings. The van der Waals surface area contributed by atoms with Crippen LogP contribution < -0.4 is 0 Å². The Balaban J connectivity index is 0.000000509. The van der Waals surface area contributed by atoms with Crippen molar-refractivity contribution in [2.45, 2.75) is 19.4 Å². The van der Waals surface area contributed by atoms with Gasteiger partial charge in [0.1, 0.15) is 0 Å². The molecular weight excluding hydrogens is 444 g/mol. The number of aryl methyl sites for hydroxylation is 1. The van der Waals surface area contributed by atoms with Gasteiger partial charge in [0.25, 0.3) is 0 Å². The summed E-state index contributed by atoms with van der Waals surface area (Å²) in [4.78, 5) is 36.2. The standard InChI is InChI=1S/C26H28N2O.C2H2O4/c1-21-10-8-9-15-24(21)20-27-16-18-28(19-17-27)26(29)25(22-11-4-2-5-12-22)23-13-6-3-7-14-23;3-1(4)2(5)6/h2-15,25H,16-20H2,1H3;(H,3,4)(H,5,6). The number of carbonyl (C=O) groups excluding carboxylic acids is 1. The van der Waals surface area contributed by atoms with Gasteiger partial charge in [0.15, 0.2) is 0 Å². The molecule has 1 amide bonds. The fourth-order valence-electron chi connectivity index (χ4n) is 4.11. The minimum atomic E-state index is -1.82. The van der Waals surface area contributed by atoms with Gasteiger partial charge in [-0.25, -0.2) is 9.59 Å². The highest BCUT2D eigenvalue weighted by Gasteiger charge is 2.29. The van der Waals surface area contributed by atoms with E-state index in [2.05, 4.69) is 60.4 Å². The predicted molar refractivity (Wildman–Crippen MR) is 133 cm³/mol. The van der Waals surface area contributed by atoms with Crippen molar-refractivity contribution in [2.24, 2.45) is 0 Å². The predicted octanol–water partition coefficient (Wildman–Crippen LogP) is 3.63. The van der Waals surface area contributed by atoms with Gasteiger partial charge in [0.05, 0.1) is 5.92 Å². The van der Waals surface area contributed by atoms with E-state index >= 15 is 0 Å². The lowest BCUT2D eigenvalue weighted by Gasteiger charge is -2.37. The Morgan fingerprint density at radius 2 is 1.17 bits per heavy atom. The quantitative estimate of drug-likeness (QED) is 0.548. The molecule has 4 rings (SSSR count). The molecule has 0 aromatic heterocycles. The van der Waals surface area contributed by atoms with Crippen LogP contribution in [-0.2, 0) is 20.9 Å². The minimum Gasteiger partial charge on any atom is -0.473 e. The third kappa shape index (κ3) is 7.25. The molecule has 0 saturated carbocycles. The van der Waals surface area contributed by atoms with Gasteiger partial charge < -0.3 is 15.1 Å². The van der Waals surface area contributed by atoms with Crippen molar-refractivity contribution in [1.82, 2.24) is 9.80 Å². The van der Waals surface area contributed by atoms with Gasteiger partial charge in [-0.3, -0.25) is 9.69 Å². The molecule has 0 unspecified atom stereocenters. The molecule has 1 fully saturated rings. The number of benzene rings is 3. The number of carboxylic acid groups (broad SMARTS) is 2. The Hall–Kier alpha value is -3.97. The maximum atomic E-state index is 13.5. The highest BCUT2D eigenvalue weighted by Crippen LogP contribution is 2.27. The van der Waals surface area contributed by atoms with Crippen LogP contribution >= 0.6 is 0 Å². The van der Waals surface area contributed by atoms with Gasteiger partial charge in [-0.2, -0.15) is 0 Å². The van der Waals surface area contributed by atoms with Gasteiger partial charge >= 0.3 is 11.9 Å². The number of hydrogen-bond acceptors (Lipinski definition) is 4. The van der Waals surface area contributed by atoms with Crippen LogP contribution in [0.5, 0.6) is 0 Å². The second-order valence-corrected chi connectivity index (χ2v) is 8.39. The molecule has 1 heterocycles. The van der Waals surface area contributed by atoms with Crippen molar-refractivity contribution < 1.29 is 24.6 Å². The van der Waals surface area contributed by atoms with E-state index in [4.69, 9.17) is 19.8 Å². The lowest BCUT2D eigenvalue weighted by atomic mass is 9.90. The van der Waals surface area contributed by atoms with Crippen LogP contribution in [0.1, 0.15) is 28.2 Å². The molecule has 182 valence electrons. The van der Waals surface area contributed by atoms with E-state index in [0.29, 0.717) is 0 Å². The highest BCUT2D eigenvalue weighted by molar-refractivity contribution is 6.27. The maximum absolute atomic E-state index is 13.5. The molecule has 1 saturated heterocycles. The number of hydrogen-bond donors (Lipinski definition) is 2. The first-order valence-corrected chi connectivity index (χ1v) is 11.5. The number of carboxylic acids is 2. The van der Waals surface area contributed by atoms with E-state index in [1.165, 1.54) is 11.1 Å². The molecule has 7 nitrogen and oxygen atoms in total. The molecule has 1 aliphatic heterocycles. The SMILES string of the molecule is Cc1ccccc1CN1CCN(C(=O)C(c2ccccc2)c2ccccc2)CC1.O=C(O)C(=O)O. The lowest BCUT2D eigenvalue weighted by Crippen LogP contribution is -2.49. The van der Waals surface area contributed by atoms with Crippen LogP contribution in [0.4, 0.5) is 0 Å². The maximum Gasteiger partial charge on any atom is 0.414 e. The first kappa shape index (κ1) is 25.6. The average Bonchev–Trinajstić information content (AvgIpc) is 2.87. The Labute approximate surface area is 205 Å². The average molecular weight is 475 g/mol. The van der Waals surface area contributed by atoms with E-state index in [9.17, 15) is 4.79 Å². The van der Waals surface area contributed by atoms with E-state index < -0.39 is 11.9 Å². The second kappa shape index (κ2) is 12.5. The first-order valence-electron chi connectivity index (χ1n) is 11.5. The molecule has 0 radical (unpaired) electrons. The second-order valence-electron chi connectivity index (χ2n) is 8.39. The first-order chi connectivity index (χ1) is 16.9. The molecule has 0 bridgehead atoms. The number of rotatable bonds is 5. The number of nitrogens with zero attached hydrogens (tertiary/aromatic N) is 2. The van der Waals surface area contributed by atoms with Gasteiger partial charge in [0, 0.05) is 32.7 Å². The summed E-state index contributed by atoms with van der Waals surface area (Å²) in [6.07, 6.45) is 0. The summed E-state index contributed by atoms with van der Waals surface area (Å²) in [5, 5.41) is 14.8. The minimum absolute atomic E-state index is 0.206. The smallest absolute Gasteiger partial charge is 0.414 e. The monoisotopic (exact) mass is 474 g/mol. The Morgan fingerprint density at radius 3 is 1.63 bits per heavy atom. The Kier molecular flexibility index (Phi) is 9.15. The van der Waals surface area contributed by atoms with Crippen molar-refractivity contribution in [3.05, 3.63) is 107 Å². The zero-order valence-corrected chi connectivity index (χ0v) is 19.7. The molecule has 0 spiro atoms. The van der Waals surface area contributed by atoms with Gasteiger partial charge in [0.2, 0.25) is 5.91 Å². The van der Waals surface area contributed by atoms with Crippen molar-refractivity contribution in [3.63, 3.8) is 0 Å². The zero-order valence-electron chi connectivity index (χ0n) is 19.7. The Morgan fingerprint density at radius 1 is 0.714 bits per heavy atom. The van der Waals surface area contributed by atoms with Gasteiger partial charge in [-0.05, 0) is 29.2 Å². The molecule has 7 heteroatoms. The third-order valence-electron chi connectivity index (χ3n) is 6.03. The van der Waals surface area contributed by atoms with Crippen molar-refractivity contribution in [1.29, 1.82) is 0 Å². The molecule has 0 atom stereocenters. The van der Waals surface area contributed by atoms with E-state index in [-0.39, 0.29) is 11.8 Å². The summed E-state index contributed by atoms with van der Waals surface area (Å²) in [6, 6.07) is 28.8. The van der Waals surface area contributed by atoms with E-state index in [1.807, 2.05) is 41.3 Å². The van der Waals surface area contributed by atoms with Crippen LogP contribution in [-0.4, -0.2) is 64.0 Å². The fraction of sp³-hybridized carbons (Fsp3) is 0.250. The van der Waals surface area contributed by atoms with Crippen LogP contribution in [0.3, 0.4) is 0 Å². The molecule has 3 aromatic carbocycles. The summed E-state index contributed by atoms with van der Waals surface area (Å²) >= 11 is 0. The molecule has 35 heavy (non-hydrogen) atoms. The normalized spacial score (nSPS) is 13.6. The number of carbonyl (C=O) groups is 3. The third-order valence-corrected chi connectivity index (χ3v) is 6.03. The molecule has 3 aromatic rings. The summed E-state index contributed by atoms with van der Waals surface area (Å²) < 4.78 is 0. The molecule has 2 N–H and O–H groups in total. The van der Waals surface area contributed by atoms with Crippen molar-refractivity contribution in [2.75, 3.05) is 26.2 Å². The van der Waals surface area contributed by atoms with Crippen LogP contribution in [0, 0.1) is 6.92 Å². The topological polar surface area (TPSA) is 98.2 Å². The van der Waals surface area contributed by atoms with Crippen molar-refractivity contribution >= 4 is 17.8 Å². The van der Waals surface area contributed by atoms with Crippen LogP contribution in [0.15, 0.2) is 84.9 Å². The number of piperazine rings is 1. The molecule has 0 aliphatic carbocycles. The summed E-state index contributed by atoms with van der Waals surface area (Å²) in [5.41, 5.74) is 4.83. The lowest BCUT2D eigenvalue weighted by molar-refractivity contribution is -0.159. The Bertz CT molecular complexity index is 1070. The van der Waals surface area contributed by atoms with Crippen molar-refractivity contribution in [3.8, 4) is 0 Å². The summed E-state index contributed by atoms with van der Waals surface area (Å²) in [5.74, 6) is -3.68. The fourth-order valence-corrected chi connectivity index (χ4v) is 4.11. The van der Waals surface area contributed by atoms with E-state index in [0.717, 1.165) is 43.9 Å². The largest absolute Gasteiger partial charge is 0.473 e. The summed E-state index contributed by atoms with van der Waals surface area (Å²) in [6.45, 7) is 6.50. The van der Waals surface area contributed by atoms with E-state index in [1.54, 1.807) is 0 Å².